The van der Waals surface area contributed by atoms with Crippen LogP contribution in [-0.4, -0.2) is 52.6 Å². The predicted octanol–water partition coefficient (Wildman–Crippen LogP) is 9.13. The molecular weight excluding hydrogens is 657 g/mol. The summed E-state index contributed by atoms with van der Waals surface area (Å²) in [7, 11) is -1.20. The van der Waals surface area contributed by atoms with Crippen molar-refractivity contribution >= 4 is 34.2 Å². The van der Waals surface area contributed by atoms with Crippen LogP contribution in [0.4, 0.5) is 11.4 Å². The summed E-state index contributed by atoms with van der Waals surface area (Å²) in [6, 6.07) is 22.3. The number of amides is 1. The normalized spacial score (nSPS) is 14.7. The Labute approximate surface area is 306 Å². The summed E-state index contributed by atoms with van der Waals surface area (Å²) in [5, 5.41) is 3.07. The fraction of sp³-hybridized carbons (Fsp3) is 0.429. The van der Waals surface area contributed by atoms with Gasteiger partial charge in [0.2, 0.25) is 5.91 Å². The van der Waals surface area contributed by atoms with Crippen molar-refractivity contribution < 1.29 is 18.5 Å². The third kappa shape index (κ3) is 11.4. The van der Waals surface area contributed by atoms with Crippen LogP contribution in [0, 0.1) is 5.92 Å². The van der Waals surface area contributed by atoms with Crippen molar-refractivity contribution in [3.05, 3.63) is 96.1 Å². The molecule has 1 amide bonds. The predicted molar refractivity (Wildman–Crippen MR) is 210 cm³/mol. The summed E-state index contributed by atoms with van der Waals surface area (Å²) in [4.78, 5) is 20.8. The molecule has 3 aromatic carbocycles. The van der Waals surface area contributed by atoms with Crippen LogP contribution in [0.15, 0.2) is 89.7 Å². The lowest BCUT2D eigenvalue weighted by Gasteiger charge is -2.30. The molecule has 0 radical (unpaired) electrons. The molecule has 8 nitrogen and oxygen atoms in total. The zero-order chi connectivity index (χ0) is 36.0. The largest absolute Gasteiger partial charge is 0.491 e. The number of carbonyl (C=O) groups excluding carboxylic acids is 1. The molecule has 1 N–H and O–H groups in total. The van der Waals surface area contributed by atoms with E-state index in [-0.39, 0.29) is 5.91 Å². The first-order valence-corrected chi connectivity index (χ1v) is 19.8. The van der Waals surface area contributed by atoms with Gasteiger partial charge in [-0.15, -0.1) is 0 Å². The molecule has 1 atom stereocenters. The number of hydrogen-bond donors (Lipinski definition) is 1. The van der Waals surface area contributed by atoms with E-state index < -0.39 is 10.8 Å². The van der Waals surface area contributed by atoms with Crippen molar-refractivity contribution in [2.24, 2.45) is 5.92 Å². The zero-order valence-corrected chi connectivity index (χ0v) is 31.6. The highest BCUT2D eigenvalue weighted by Gasteiger charge is 2.18. The molecule has 0 spiro atoms. The number of nitrogens with zero attached hydrogens (tertiary/aromatic N) is 3. The second-order valence-corrected chi connectivity index (χ2v) is 15.1. The molecule has 0 bridgehead atoms. The van der Waals surface area contributed by atoms with Crippen molar-refractivity contribution in [1.29, 1.82) is 0 Å². The molecule has 1 aliphatic heterocycles. The lowest BCUT2D eigenvalue weighted by Crippen LogP contribution is -2.30. The first-order valence-electron chi connectivity index (χ1n) is 18.5. The maximum Gasteiger partial charge on any atom is 0.228 e. The standard InChI is InChI=1S/C42H54N4O4S/c1-5-7-22-49-23-24-50-39-15-10-34(11-16-39)35-12-19-41-36(27-35)25-33(9-8-21-45(41)29-32(3)4)26-42(47)44-37-13-17-40(18-14-37)51(48)30-38-28-43-31-46(38)20-6-2/h10-19,25,27-28,31-32H,5-9,20-24,26,29-30H2,1-4H3,(H,44,47)/b33-25+. The van der Waals surface area contributed by atoms with Gasteiger partial charge in [-0.25, -0.2) is 4.98 Å². The quantitative estimate of drug-likeness (QED) is 0.104. The van der Waals surface area contributed by atoms with Crippen molar-refractivity contribution in [3.8, 4) is 16.9 Å². The molecule has 0 saturated heterocycles. The van der Waals surface area contributed by atoms with Crippen LogP contribution in [-0.2, 0) is 32.6 Å². The van der Waals surface area contributed by atoms with E-state index in [9.17, 15) is 9.00 Å². The number of hydrogen-bond acceptors (Lipinski definition) is 6. The smallest absolute Gasteiger partial charge is 0.228 e. The molecule has 0 fully saturated rings. The minimum Gasteiger partial charge on any atom is -0.491 e. The number of nitrogens with one attached hydrogen (secondary N) is 1. The molecule has 5 rings (SSSR count). The highest BCUT2D eigenvalue weighted by Crippen LogP contribution is 2.34. The number of anilines is 2. The monoisotopic (exact) mass is 710 g/mol. The number of ether oxygens (including phenoxy) is 2. The van der Waals surface area contributed by atoms with Crippen molar-refractivity contribution in [2.75, 3.05) is 43.1 Å². The van der Waals surface area contributed by atoms with Gasteiger partial charge in [0.25, 0.3) is 0 Å². The van der Waals surface area contributed by atoms with E-state index in [1.54, 1.807) is 12.5 Å². The van der Waals surface area contributed by atoms with E-state index in [1.165, 1.54) is 5.69 Å². The average Bonchev–Trinajstić information content (AvgIpc) is 3.55. The average molecular weight is 711 g/mol. The summed E-state index contributed by atoms with van der Waals surface area (Å²) in [6.45, 7) is 13.5. The lowest BCUT2D eigenvalue weighted by molar-refractivity contribution is -0.115. The van der Waals surface area contributed by atoms with E-state index >= 15 is 0 Å². The highest BCUT2D eigenvalue weighted by molar-refractivity contribution is 7.84. The Kier molecular flexibility index (Phi) is 14.5. The van der Waals surface area contributed by atoms with Crippen LogP contribution in [0.3, 0.4) is 0 Å². The molecule has 51 heavy (non-hydrogen) atoms. The number of benzene rings is 3. The van der Waals surface area contributed by atoms with E-state index in [0.717, 1.165) is 96.9 Å². The topological polar surface area (TPSA) is 85.7 Å². The molecule has 272 valence electrons. The fourth-order valence-corrected chi connectivity index (χ4v) is 7.47. The Balaban J connectivity index is 1.26. The second-order valence-electron chi connectivity index (χ2n) is 13.7. The summed E-state index contributed by atoms with van der Waals surface area (Å²) in [5.74, 6) is 1.72. The molecule has 9 heteroatoms. The maximum atomic E-state index is 13.3. The number of carbonyl (C=O) groups is 1. The van der Waals surface area contributed by atoms with Gasteiger partial charge in [0, 0.05) is 55.1 Å². The van der Waals surface area contributed by atoms with Crippen LogP contribution in [0.5, 0.6) is 5.75 Å². The lowest BCUT2D eigenvalue weighted by atomic mass is 9.95. The zero-order valence-electron chi connectivity index (χ0n) is 30.7. The van der Waals surface area contributed by atoms with Crippen LogP contribution >= 0.6 is 0 Å². The van der Waals surface area contributed by atoms with Crippen molar-refractivity contribution in [2.45, 2.75) is 83.4 Å². The summed E-state index contributed by atoms with van der Waals surface area (Å²) in [5.41, 5.74) is 7.35. The van der Waals surface area contributed by atoms with E-state index in [2.05, 4.69) is 83.9 Å². The number of fused-ring (bicyclic) bond motifs is 1. The van der Waals surface area contributed by atoms with Crippen molar-refractivity contribution in [3.63, 3.8) is 0 Å². The molecule has 1 unspecified atom stereocenters. The number of aromatic nitrogens is 2. The van der Waals surface area contributed by atoms with E-state index in [1.807, 2.05) is 36.4 Å². The van der Waals surface area contributed by atoms with Gasteiger partial charge in [0.05, 0.1) is 35.2 Å². The molecule has 2 heterocycles. The molecule has 0 aliphatic carbocycles. The Morgan fingerprint density at radius 2 is 1.75 bits per heavy atom. The van der Waals surface area contributed by atoms with Crippen LogP contribution in [0.1, 0.15) is 77.5 Å². The van der Waals surface area contributed by atoms with E-state index in [0.29, 0.717) is 37.0 Å². The summed E-state index contributed by atoms with van der Waals surface area (Å²) in [6.07, 6.45) is 11.1. The first kappa shape index (κ1) is 38.0. The van der Waals surface area contributed by atoms with Gasteiger partial charge >= 0.3 is 0 Å². The van der Waals surface area contributed by atoms with E-state index in [4.69, 9.17) is 9.47 Å². The van der Waals surface area contributed by atoms with Gasteiger partial charge in [0.1, 0.15) is 12.4 Å². The van der Waals surface area contributed by atoms with Crippen LogP contribution in [0.25, 0.3) is 17.2 Å². The Bertz CT molecular complexity index is 1750. The molecular formula is C42H54N4O4S. The second kappa shape index (κ2) is 19.4. The fourth-order valence-electron chi connectivity index (χ4n) is 6.36. The summed E-state index contributed by atoms with van der Waals surface area (Å²) < 4.78 is 26.6. The Hall–Kier alpha value is -4.21. The SMILES string of the molecule is CCCCOCCOc1ccc(-c2ccc3c(c2)/C=C(/CC(=O)Nc2ccc(S(=O)Cc4cncn4CCC)cc2)CCCN3CC(C)C)cc1. The molecule has 1 aromatic heterocycles. The maximum absolute atomic E-state index is 13.3. The Morgan fingerprint density at radius 3 is 2.49 bits per heavy atom. The molecule has 0 saturated carbocycles. The van der Waals surface area contributed by atoms with Gasteiger partial charge in [0.15, 0.2) is 0 Å². The van der Waals surface area contributed by atoms with Gasteiger partial charge in [-0.1, -0.05) is 64.0 Å². The third-order valence-electron chi connectivity index (χ3n) is 8.90. The highest BCUT2D eigenvalue weighted by atomic mass is 32.2. The third-order valence-corrected chi connectivity index (χ3v) is 10.3. The van der Waals surface area contributed by atoms with Gasteiger partial charge in [-0.05, 0) is 96.8 Å². The summed E-state index contributed by atoms with van der Waals surface area (Å²) >= 11 is 0. The minimum absolute atomic E-state index is 0.0535. The number of unbranched alkanes of at least 4 members (excludes halogenated alkanes) is 1. The Morgan fingerprint density at radius 1 is 0.961 bits per heavy atom. The van der Waals surface area contributed by atoms with Crippen molar-refractivity contribution in [1.82, 2.24) is 9.55 Å². The molecule has 4 aromatic rings. The number of rotatable bonds is 18. The van der Waals surface area contributed by atoms with Gasteiger partial charge < -0.3 is 24.3 Å². The number of aryl methyl sites for hydroxylation is 1. The van der Waals surface area contributed by atoms with Gasteiger partial charge in [-0.2, -0.15) is 0 Å². The molecule has 1 aliphatic rings. The van der Waals surface area contributed by atoms with Gasteiger partial charge in [-0.3, -0.25) is 9.00 Å². The first-order chi connectivity index (χ1) is 24.8. The minimum atomic E-state index is -1.20. The number of imidazole rings is 1. The van der Waals surface area contributed by atoms with Crippen LogP contribution in [0.2, 0.25) is 0 Å². The van der Waals surface area contributed by atoms with Crippen LogP contribution < -0.4 is 15.0 Å².